The SMILES string of the molecule is O=C(c1cccc2c1CCC2)N1CCC[C@H]1Cn1cc(CO)nn1. The van der Waals surface area contributed by atoms with Crippen molar-refractivity contribution in [3.05, 3.63) is 46.8 Å². The number of hydrogen-bond donors (Lipinski definition) is 1. The monoisotopic (exact) mass is 326 g/mol. The molecular weight excluding hydrogens is 304 g/mol. The predicted octanol–water partition coefficient (Wildman–Crippen LogP) is 1.56. The van der Waals surface area contributed by atoms with Crippen LogP contribution in [-0.4, -0.2) is 43.5 Å². The van der Waals surface area contributed by atoms with E-state index >= 15 is 0 Å². The van der Waals surface area contributed by atoms with Gasteiger partial charge in [0.25, 0.3) is 5.91 Å². The molecule has 0 unspecified atom stereocenters. The van der Waals surface area contributed by atoms with Crippen LogP contribution < -0.4 is 0 Å². The smallest absolute Gasteiger partial charge is 0.254 e. The lowest BCUT2D eigenvalue weighted by Gasteiger charge is -2.25. The molecule has 1 aliphatic heterocycles. The van der Waals surface area contributed by atoms with Crippen molar-refractivity contribution in [1.82, 2.24) is 19.9 Å². The number of amides is 1. The predicted molar refractivity (Wildman–Crippen MR) is 88.5 cm³/mol. The quantitative estimate of drug-likeness (QED) is 0.926. The van der Waals surface area contributed by atoms with Crippen LogP contribution in [0.2, 0.25) is 0 Å². The van der Waals surface area contributed by atoms with Gasteiger partial charge in [0.05, 0.1) is 25.4 Å². The molecule has 0 bridgehead atoms. The topological polar surface area (TPSA) is 71.2 Å². The number of carbonyl (C=O) groups is 1. The number of fused-ring (bicyclic) bond motifs is 1. The average molecular weight is 326 g/mol. The summed E-state index contributed by atoms with van der Waals surface area (Å²) in [4.78, 5) is 15.1. The van der Waals surface area contributed by atoms with Gasteiger partial charge in [-0.1, -0.05) is 17.3 Å². The van der Waals surface area contributed by atoms with Crippen molar-refractivity contribution >= 4 is 5.91 Å². The summed E-state index contributed by atoms with van der Waals surface area (Å²) in [6.07, 6.45) is 7.00. The molecule has 126 valence electrons. The van der Waals surface area contributed by atoms with Gasteiger partial charge in [-0.05, 0) is 49.3 Å². The molecule has 4 rings (SSSR count). The molecule has 0 radical (unpaired) electrons. The van der Waals surface area contributed by atoms with Crippen LogP contribution in [0.1, 0.15) is 46.4 Å². The van der Waals surface area contributed by atoms with Crippen LogP contribution in [0.4, 0.5) is 0 Å². The molecule has 1 atom stereocenters. The zero-order valence-electron chi connectivity index (χ0n) is 13.7. The van der Waals surface area contributed by atoms with E-state index in [-0.39, 0.29) is 18.6 Å². The summed E-state index contributed by atoms with van der Waals surface area (Å²) in [5.41, 5.74) is 4.02. The fraction of sp³-hybridized carbons (Fsp3) is 0.500. The Kier molecular flexibility index (Phi) is 4.06. The van der Waals surface area contributed by atoms with E-state index in [1.54, 1.807) is 10.9 Å². The summed E-state index contributed by atoms with van der Waals surface area (Å²) < 4.78 is 1.73. The highest BCUT2D eigenvalue weighted by Crippen LogP contribution is 2.28. The van der Waals surface area contributed by atoms with Crippen LogP contribution >= 0.6 is 0 Å². The number of likely N-dealkylation sites (tertiary alicyclic amines) is 1. The fourth-order valence-electron chi connectivity index (χ4n) is 3.98. The van der Waals surface area contributed by atoms with E-state index in [1.807, 2.05) is 17.0 Å². The first-order valence-electron chi connectivity index (χ1n) is 8.68. The van der Waals surface area contributed by atoms with E-state index in [4.69, 9.17) is 5.11 Å². The van der Waals surface area contributed by atoms with Gasteiger partial charge in [0.1, 0.15) is 5.69 Å². The van der Waals surface area contributed by atoms with E-state index < -0.39 is 0 Å². The molecule has 24 heavy (non-hydrogen) atoms. The van der Waals surface area contributed by atoms with Gasteiger partial charge in [-0.15, -0.1) is 5.10 Å². The van der Waals surface area contributed by atoms with E-state index in [0.29, 0.717) is 12.2 Å². The summed E-state index contributed by atoms with van der Waals surface area (Å²) in [5.74, 6) is 0.152. The van der Waals surface area contributed by atoms with Crippen LogP contribution in [0.5, 0.6) is 0 Å². The normalized spacial score (nSPS) is 19.7. The first kappa shape index (κ1) is 15.3. The van der Waals surface area contributed by atoms with E-state index in [0.717, 1.165) is 44.2 Å². The van der Waals surface area contributed by atoms with Gasteiger partial charge in [0.15, 0.2) is 0 Å². The Morgan fingerprint density at radius 2 is 2.21 bits per heavy atom. The first-order chi connectivity index (χ1) is 11.8. The number of aromatic nitrogens is 3. The molecule has 6 nitrogen and oxygen atoms in total. The maximum atomic E-state index is 13.1. The third kappa shape index (κ3) is 2.71. The number of aryl methyl sites for hydroxylation is 1. The maximum Gasteiger partial charge on any atom is 0.254 e. The number of aliphatic hydroxyl groups excluding tert-OH is 1. The number of nitrogens with zero attached hydrogens (tertiary/aromatic N) is 4. The molecule has 2 heterocycles. The molecule has 0 spiro atoms. The van der Waals surface area contributed by atoms with Gasteiger partial charge >= 0.3 is 0 Å². The number of rotatable bonds is 4. The third-order valence-corrected chi connectivity index (χ3v) is 5.16. The van der Waals surface area contributed by atoms with Crippen LogP contribution in [0.25, 0.3) is 0 Å². The average Bonchev–Trinajstić information content (AvgIpc) is 3.34. The highest BCUT2D eigenvalue weighted by atomic mass is 16.3. The van der Waals surface area contributed by atoms with Crippen LogP contribution in [0.15, 0.2) is 24.4 Å². The Morgan fingerprint density at radius 3 is 3.04 bits per heavy atom. The highest BCUT2D eigenvalue weighted by Gasteiger charge is 2.31. The van der Waals surface area contributed by atoms with Crippen LogP contribution in [0.3, 0.4) is 0 Å². The van der Waals surface area contributed by atoms with Crippen molar-refractivity contribution in [1.29, 1.82) is 0 Å². The minimum absolute atomic E-state index is 0.108. The molecule has 1 aromatic heterocycles. The lowest BCUT2D eigenvalue weighted by atomic mass is 10.0. The van der Waals surface area contributed by atoms with Gasteiger partial charge < -0.3 is 10.0 Å². The van der Waals surface area contributed by atoms with Gasteiger partial charge in [0, 0.05) is 12.1 Å². The standard InChI is InChI=1S/C18H22N4O2/c23-12-14-10-21(20-19-14)11-15-6-3-9-22(15)18(24)17-8-2-5-13-4-1-7-16(13)17/h2,5,8,10,15,23H,1,3-4,6-7,9,11-12H2/t15-/m0/s1. The molecule has 1 saturated heterocycles. The van der Waals surface area contributed by atoms with Gasteiger partial charge in [-0.2, -0.15) is 0 Å². The number of benzene rings is 1. The summed E-state index contributed by atoms with van der Waals surface area (Å²) >= 11 is 0. The molecule has 1 fully saturated rings. The maximum absolute atomic E-state index is 13.1. The lowest BCUT2D eigenvalue weighted by Crippen LogP contribution is -2.38. The molecule has 1 aliphatic carbocycles. The van der Waals surface area contributed by atoms with Gasteiger partial charge in [-0.3, -0.25) is 9.48 Å². The van der Waals surface area contributed by atoms with Crippen molar-refractivity contribution < 1.29 is 9.90 Å². The minimum atomic E-state index is -0.108. The molecule has 6 heteroatoms. The van der Waals surface area contributed by atoms with Crippen LogP contribution in [0, 0.1) is 0 Å². The lowest BCUT2D eigenvalue weighted by molar-refractivity contribution is 0.0720. The first-order valence-corrected chi connectivity index (χ1v) is 8.68. The second-order valence-corrected chi connectivity index (χ2v) is 6.68. The van der Waals surface area contributed by atoms with Crippen molar-refractivity contribution in [2.75, 3.05) is 6.54 Å². The third-order valence-electron chi connectivity index (χ3n) is 5.16. The summed E-state index contributed by atoms with van der Waals surface area (Å²) in [7, 11) is 0. The molecule has 1 N–H and O–H groups in total. The second kappa shape index (κ2) is 6.36. The summed E-state index contributed by atoms with van der Waals surface area (Å²) in [6, 6.07) is 6.27. The van der Waals surface area contributed by atoms with Gasteiger partial charge in [0.2, 0.25) is 0 Å². The molecule has 1 amide bonds. The minimum Gasteiger partial charge on any atom is -0.390 e. The van der Waals surface area contributed by atoms with Crippen molar-refractivity contribution in [2.45, 2.75) is 51.3 Å². The zero-order chi connectivity index (χ0) is 16.5. The highest BCUT2D eigenvalue weighted by molar-refractivity contribution is 5.96. The molecular formula is C18H22N4O2. The molecule has 1 aromatic carbocycles. The summed E-state index contributed by atoms with van der Waals surface area (Å²) in [5, 5.41) is 17.1. The Bertz CT molecular complexity index is 755. The Balaban J connectivity index is 1.54. The number of hydrogen-bond acceptors (Lipinski definition) is 4. The van der Waals surface area contributed by atoms with Crippen molar-refractivity contribution in [3.8, 4) is 0 Å². The number of carbonyl (C=O) groups excluding carboxylic acids is 1. The van der Waals surface area contributed by atoms with Crippen LogP contribution in [-0.2, 0) is 26.0 Å². The number of aliphatic hydroxyl groups is 1. The van der Waals surface area contributed by atoms with Crippen molar-refractivity contribution in [2.24, 2.45) is 0 Å². The van der Waals surface area contributed by atoms with Crippen molar-refractivity contribution in [3.63, 3.8) is 0 Å². The fourth-order valence-corrected chi connectivity index (χ4v) is 3.98. The second-order valence-electron chi connectivity index (χ2n) is 6.68. The zero-order valence-corrected chi connectivity index (χ0v) is 13.7. The Hall–Kier alpha value is -2.21. The van der Waals surface area contributed by atoms with E-state index in [1.165, 1.54) is 11.1 Å². The van der Waals surface area contributed by atoms with E-state index in [2.05, 4.69) is 16.4 Å². The molecule has 2 aromatic rings. The molecule has 2 aliphatic rings. The Labute approximate surface area is 141 Å². The summed E-state index contributed by atoms with van der Waals surface area (Å²) in [6.45, 7) is 1.33. The largest absolute Gasteiger partial charge is 0.390 e. The Morgan fingerprint density at radius 1 is 1.29 bits per heavy atom. The van der Waals surface area contributed by atoms with E-state index in [9.17, 15) is 4.79 Å². The molecule has 0 saturated carbocycles. The van der Waals surface area contributed by atoms with Gasteiger partial charge in [-0.25, -0.2) is 0 Å².